The van der Waals surface area contributed by atoms with Crippen LogP contribution in [0.2, 0.25) is 0 Å². The van der Waals surface area contributed by atoms with E-state index >= 15 is 0 Å². The van der Waals surface area contributed by atoms with Crippen LogP contribution in [0.5, 0.6) is 0 Å². The zero-order valence-electron chi connectivity index (χ0n) is 9.32. The van der Waals surface area contributed by atoms with Crippen LogP contribution in [-0.2, 0) is 14.3 Å². The minimum Gasteiger partial charge on any atom is -0.462 e. The van der Waals surface area contributed by atoms with Gasteiger partial charge in [-0.25, -0.2) is 4.79 Å². The highest BCUT2D eigenvalue weighted by Crippen LogP contribution is 1.92. The van der Waals surface area contributed by atoms with Gasteiger partial charge in [-0.15, -0.1) is 0 Å². The number of carbonyl (C=O) groups excluding carboxylic acids is 2. The largest absolute Gasteiger partial charge is 0.462 e. The van der Waals surface area contributed by atoms with Crippen molar-refractivity contribution in [1.29, 1.82) is 0 Å². The Morgan fingerprint density at radius 2 is 2.07 bits per heavy atom. The molecule has 0 aromatic rings. The zero-order valence-corrected chi connectivity index (χ0v) is 9.32. The molecule has 0 bridgehead atoms. The Kier molecular flexibility index (Phi) is 12.9. The van der Waals surface area contributed by atoms with Crippen molar-refractivity contribution in [2.24, 2.45) is 10.9 Å². The van der Waals surface area contributed by atoms with Gasteiger partial charge in [0.25, 0.3) is 0 Å². The van der Waals surface area contributed by atoms with Crippen molar-refractivity contribution in [1.82, 2.24) is 0 Å². The lowest BCUT2D eigenvalue weighted by Gasteiger charge is -1.91. The third-order valence-electron chi connectivity index (χ3n) is 1.09. The van der Waals surface area contributed by atoms with Crippen molar-refractivity contribution in [3.63, 3.8) is 0 Å². The number of aliphatic imine (C=N–C) groups is 1. The molecule has 82 valence electrons. The van der Waals surface area contributed by atoms with E-state index < -0.39 is 0 Å². The summed E-state index contributed by atoms with van der Waals surface area (Å²) >= 11 is 0. The monoisotopic (exact) mass is 201 g/mol. The van der Waals surface area contributed by atoms with Gasteiger partial charge in [-0.05, 0) is 12.8 Å². The highest BCUT2D eigenvalue weighted by Gasteiger charge is 1.90. The van der Waals surface area contributed by atoms with Crippen LogP contribution in [0.15, 0.2) is 4.99 Å². The number of esters is 1. The summed E-state index contributed by atoms with van der Waals surface area (Å²) in [5, 5.41) is 0. The number of ether oxygens (including phenoxy) is 1. The first-order valence-corrected chi connectivity index (χ1v) is 4.61. The Balaban J connectivity index is 0. The third kappa shape index (κ3) is 17.1. The predicted octanol–water partition coefficient (Wildman–Crippen LogP) is 1.48. The lowest BCUT2D eigenvalue weighted by molar-refractivity contribution is -0.134. The quantitative estimate of drug-likeness (QED) is 0.393. The molecule has 0 rings (SSSR count). The molecule has 0 aliphatic heterocycles. The smallest absolute Gasteiger partial charge is 0.348 e. The van der Waals surface area contributed by atoms with Crippen molar-refractivity contribution in [3.8, 4) is 0 Å². The van der Waals surface area contributed by atoms with Crippen LogP contribution >= 0.6 is 0 Å². The number of nitrogens with zero attached hydrogens (tertiary/aromatic N) is 1. The van der Waals surface area contributed by atoms with Gasteiger partial charge in [0.05, 0.1) is 6.61 Å². The molecule has 0 aromatic heterocycles. The Morgan fingerprint density at radius 3 is 2.29 bits per heavy atom. The van der Waals surface area contributed by atoms with E-state index in [2.05, 4.69) is 9.73 Å². The number of rotatable bonds is 4. The van der Waals surface area contributed by atoms with Gasteiger partial charge >= 0.3 is 5.97 Å². The van der Waals surface area contributed by atoms with E-state index in [-0.39, 0.29) is 5.97 Å². The van der Waals surface area contributed by atoms with E-state index in [0.29, 0.717) is 18.9 Å². The van der Waals surface area contributed by atoms with Gasteiger partial charge < -0.3 is 9.53 Å². The molecule has 0 unspecified atom stereocenters. The lowest BCUT2D eigenvalue weighted by Crippen LogP contribution is -2.03. The van der Waals surface area contributed by atoms with Gasteiger partial charge in [-0.1, -0.05) is 13.8 Å². The molecule has 0 N–H and O–H groups in total. The highest BCUT2D eigenvalue weighted by molar-refractivity contribution is 6.23. The summed E-state index contributed by atoms with van der Waals surface area (Å²) in [6.07, 6.45) is 2.79. The Bertz CT molecular complexity index is 176. The summed E-state index contributed by atoms with van der Waals surface area (Å²) in [6, 6.07) is 0. The molecule has 14 heavy (non-hydrogen) atoms. The molecule has 0 atom stereocenters. The average molecular weight is 201 g/mol. The molecular weight excluding hydrogens is 182 g/mol. The van der Waals surface area contributed by atoms with E-state index in [1.165, 1.54) is 7.05 Å². The van der Waals surface area contributed by atoms with E-state index in [9.17, 15) is 9.59 Å². The maximum Gasteiger partial charge on any atom is 0.348 e. The summed E-state index contributed by atoms with van der Waals surface area (Å²) in [5.74, 6) is 0.150. The standard InChI is InChI=1S/C5H9NO2.C5H10O/c1-3-8-5(7)4-6-2;1-5(2)3-4-6/h4H,3H2,1-2H3;4-5H,3H2,1-2H3. The summed E-state index contributed by atoms with van der Waals surface area (Å²) in [5.41, 5.74) is 0. The maximum atomic E-state index is 10.3. The van der Waals surface area contributed by atoms with Gasteiger partial charge in [0, 0.05) is 13.5 Å². The SMILES string of the molecule is CC(C)CC=O.CCOC(=O)C=NC. The van der Waals surface area contributed by atoms with Crippen LogP contribution in [0.1, 0.15) is 27.2 Å². The topological polar surface area (TPSA) is 55.7 Å². The molecule has 0 amide bonds. The predicted molar refractivity (Wildman–Crippen MR) is 56.6 cm³/mol. The maximum absolute atomic E-state index is 10.3. The molecule has 0 fully saturated rings. The van der Waals surface area contributed by atoms with Crippen molar-refractivity contribution in [3.05, 3.63) is 0 Å². The van der Waals surface area contributed by atoms with Crippen LogP contribution in [0.3, 0.4) is 0 Å². The first-order valence-electron chi connectivity index (χ1n) is 4.61. The molecule has 0 saturated heterocycles. The van der Waals surface area contributed by atoms with Crippen LogP contribution in [-0.4, -0.2) is 32.1 Å². The Morgan fingerprint density at radius 1 is 1.50 bits per heavy atom. The number of hydrogen-bond acceptors (Lipinski definition) is 4. The molecule has 0 aromatic carbocycles. The molecule has 0 aliphatic rings. The van der Waals surface area contributed by atoms with Crippen LogP contribution in [0, 0.1) is 5.92 Å². The number of carbonyl (C=O) groups is 2. The Labute approximate surface area is 85.4 Å². The van der Waals surface area contributed by atoms with Crippen LogP contribution in [0.25, 0.3) is 0 Å². The van der Waals surface area contributed by atoms with E-state index in [0.717, 1.165) is 12.5 Å². The summed E-state index contributed by atoms with van der Waals surface area (Å²) in [6.45, 7) is 6.20. The van der Waals surface area contributed by atoms with Crippen LogP contribution in [0.4, 0.5) is 0 Å². The first kappa shape index (κ1) is 15.3. The van der Waals surface area contributed by atoms with Crippen LogP contribution < -0.4 is 0 Å². The van der Waals surface area contributed by atoms with E-state index in [4.69, 9.17) is 0 Å². The van der Waals surface area contributed by atoms with Gasteiger partial charge in [0.15, 0.2) is 0 Å². The fourth-order valence-corrected chi connectivity index (χ4v) is 0.477. The third-order valence-corrected chi connectivity index (χ3v) is 1.09. The Hall–Kier alpha value is -1.19. The zero-order chi connectivity index (χ0) is 11.4. The number of aldehydes is 1. The second kappa shape index (κ2) is 11.8. The molecule has 0 aliphatic carbocycles. The molecule has 0 spiro atoms. The molecule has 4 heteroatoms. The average Bonchev–Trinajstić information content (AvgIpc) is 2.05. The van der Waals surface area contributed by atoms with Gasteiger partial charge in [-0.3, -0.25) is 4.99 Å². The molecule has 0 saturated carbocycles. The van der Waals surface area contributed by atoms with Gasteiger partial charge in [0.2, 0.25) is 0 Å². The van der Waals surface area contributed by atoms with Crippen molar-refractivity contribution < 1.29 is 14.3 Å². The number of hydrogen-bond donors (Lipinski definition) is 0. The second-order valence-electron chi connectivity index (χ2n) is 2.94. The fourth-order valence-electron chi connectivity index (χ4n) is 0.477. The first-order chi connectivity index (χ1) is 6.58. The summed E-state index contributed by atoms with van der Waals surface area (Å²) in [7, 11) is 1.52. The molecule has 0 radical (unpaired) electrons. The molecular formula is C10H19NO3. The summed E-state index contributed by atoms with van der Waals surface area (Å²) in [4.78, 5) is 23.3. The fraction of sp³-hybridized carbons (Fsp3) is 0.700. The van der Waals surface area contributed by atoms with Crippen molar-refractivity contribution >= 4 is 18.5 Å². The van der Waals surface area contributed by atoms with Gasteiger partial charge in [0.1, 0.15) is 12.5 Å². The molecule has 4 nitrogen and oxygen atoms in total. The highest BCUT2D eigenvalue weighted by atomic mass is 16.5. The lowest BCUT2D eigenvalue weighted by atomic mass is 10.2. The minimum absolute atomic E-state index is 0.380. The van der Waals surface area contributed by atoms with Crippen molar-refractivity contribution in [2.45, 2.75) is 27.2 Å². The van der Waals surface area contributed by atoms with E-state index in [1.54, 1.807) is 6.92 Å². The van der Waals surface area contributed by atoms with Gasteiger partial charge in [-0.2, -0.15) is 0 Å². The van der Waals surface area contributed by atoms with Crippen molar-refractivity contribution in [2.75, 3.05) is 13.7 Å². The van der Waals surface area contributed by atoms with E-state index in [1.807, 2.05) is 13.8 Å². The second-order valence-corrected chi connectivity index (χ2v) is 2.94. The molecule has 0 heterocycles. The normalized spacial score (nSPS) is 9.50. The minimum atomic E-state index is -0.380. The summed E-state index contributed by atoms with van der Waals surface area (Å²) < 4.78 is 4.49.